The number of benzene rings is 1. The van der Waals surface area contributed by atoms with E-state index in [1.54, 1.807) is 13.8 Å². The number of rotatable bonds is 6. The maximum atomic E-state index is 12.8. The second-order valence-corrected chi connectivity index (χ2v) is 6.14. The topological polar surface area (TPSA) is 81.7 Å². The first-order valence-electron chi connectivity index (χ1n) is 8.65. The number of esters is 2. The zero-order chi connectivity index (χ0) is 18.4. The van der Waals surface area contributed by atoms with Crippen molar-refractivity contribution in [2.75, 3.05) is 13.2 Å². The Labute approximate surface area is 147 Å². The van der Waals surface area contributed by atoms with Crippen molar-refractivity contribution < 1.29 is 23.9 Å². The first-order valence-corrected chi connectivity index (χ1v) is 8.65. The molecule has 0 aromatic heterocycles. The van der Waals surface area contributed by atoms with Crippen LogP contribution in [0.4, 0.5) is 0 Å². The molecule has 6 heteroatoms. The van der Waals surface area contributed by atoms with Gasteiger partial charge in [-0.1, -0.05) is 24.3 Å². The lowest BCUT2D eigenvalue weighted by molar-refractivity contribution is -0.172. The van der Waals surface area contributed by atoms with Gasteiger partial charge in [0.2, 0.25) is 11.4 Å². The van der Waals surface area contributed by atoms with Crippen LogP contribution < -0.4 is 5.32 Å². The number of hydrogen-bond donors (Lipinski definition) is 1. The SMILES string of the molecule is CCOC(=O)C(NC(C)=O)(C(=O)OCC)C1CCc2ccccc2C1. The Morgan fingerprint density at radius 3 is 2.16 bits per heavy atom. The Morgan fingerprint density at radius 2 is 1.64 bits per heavy atom. The highest BCUT2D eigenvalue weighted by atomic mass is 16.6. The van der Waals surface area contributed by atoms with E-state index >= 15 is 0 Å². The molecule has 2 rings (SSSR count). The number of carbonyl (C=O) groups is 3. The predicted molar refractivity (Wildman–Crippen MR) is 91.8 cm³/mol. The minimum atomic E-state index is -1.81. The van der Waals surface area contributed by atoms with Gasteiger partial charge in [-0.15, -0.1) is 0 Å². The fourth-order valence-electron chi connectivity index (χ4n) is 3.46. The molecule has 1 aromatic carbocycles. The molecule has 0 heterocycles. The molecule has 0 spiro atoms. The first kappa shape index (κ1) is 19.0. The second-order valence-electron chi connectivity index (χ2n) is 6.14. The number of nitrogens with one attached hydrogen (secondary N) is 1. The molecule has 0 aliphatic heterocycles. The molecule has 1 aliphatic rings. The van der Waals surface area contributed by atoms with Crippen molar-refractivity contribution in [2.45, 2.75) is 45.6 Å². The molecule has 1 aliphatic carbocycles. The monoisotopic (exact) mass is 347 g/mol. The summed E-state index contributed by atoms with van der Waals surface area (Å²) in [7, 11) is 0. The third-order valence-electron chi connectivity index (χ3n) is 4.53. The molecule has 25 heavy (non-hydrogen) atoms. The number of hydrogen-bond acceptors (Lipinski definition) is 5. The van der Waals surface area contributed by atoms with E-state index in [0.29, 0.717) is 12.8 Å². The van der Waals surface area contributed by atoms with Crippen LogP contribution in [0.25, 0.3) is 0 Å². The number of fused-ring (bicyclic) bond motifs is 1. The minimum Gasteiger partial charge on any atom is -0.464 e. The molecule has 136 valence electrons. The zero-order valence-corrected chi connectivity index (χ0v) is 15.0. The van der Waals surface area contributed by atoms with Crippen LogP contribution in [0, 0.1) is 5.92 Å². The van der Waals surface area contributed by atoms with E-state index in [1.165, 1.54) is 12.5 Å². The molecule has 1 N–H and O–H groups in total. The third kappa shape index (κ3) is 3.83. The van der Waals surface area contributed by atoms with Gasteiger partial charge in [0.25, 0.3) is 0 Å². The standard InChI is InChI=1S/C19H25NO5/c1-4-24-17(22)19(20-13(3)21,18(23)25-5-2)16-11-10-14-8-6-7-9-15(14)12-16/h6-9,16H,4-5,10-12H2,1-3H3,(H,20,21). The molecule has 0 saturated heterocycles. The van der Waals surface area contributed by atoms with E-state index in [1.807, 2.05) is 24.3 Å². The van der Waals surface area contributed by atoms with Gasteiger partial charge in [0, 0.05) is 12.8 Å². The van der Waals surface area contributed by atoms with Crippen LogP contribution in [-0.4, -0.2) is 36.6 Å². The van der Waals surface area contributed by atoms with Gasteiger partial charge in [0.1, 0.15) is 0 Å². The molecular formula is C19H25NO5. The van der Waals surface area contributed by atoms with Crippen molar-refractivity contribution in [2.24, 2.45) is 5.92 Å². The molecule has 1 aromatic rings. The summed E-state index contributed by atoms with van der Waals surface area (Å²) in [5.41, 5.74) is 0.455. The molecule has 0 radical (unpaired) electrons. The van der Waals surface area contributed by atoms with Crippen molar-refractivity contribution in [3.63, 3.8) is 0 Å². The number of ether oxygens (including phenoxy) is 2. The highest BCUT2D eigenvalue weighted by Crippen LogP contribution is 2.34. The summed E-state index contributed by atoms with van der Waals surface area (Å²) in [6.07, 6.45) is 1.80. The lowest BCUT2D eigenvalue weighted by atomic mass is 9.72. The van der Waals surface area contributed by atoms with E-state index in [0.717, 1.165) is 12.0 Å². The van der Waals surface area contributed by atoms with Gasteiger partial charge in [0.05, 0.1) is 13.2 Å². The third-order valence-corrected chi connectivity index (χ3v) is 4.53. The fraction of sp³-hybridized carbons (Fsp3) is 0.526. The predicted octanol–water partition coefficient (Wildman–Crippen LogP) is 1.79. The number of aryl methyl sites for hydroxylation is 1. The maximum Gasteiger partial charge on any atom is 0.344 e. The normalized spacial score (nSPS) is 16.5. The lowest BCUT2D eigenvalue weighted by Gasteiger charge is -2.39. The Hall–Kier alpha value is -2.37. The summed E-state index contributed by atoms with van der Waals surface area (Å²) in [5, 5.41) is 2.58. The van der Waals surface area contributed by atoms with E-state index in [4.69, 9.17) is 9.47 Å². The smallest absolute Gasteiger partial charge is 0.344 e. The average Bonchev–Trinajstić information content (AvgIpc) is 2.59. The molecule has 1 unspecified atom stereocenters. The van der Waals surface area contributed by atoms with E-state index < -0.39 is 29.3 Å². The van der Waals surface area contributed by atoms with E-state index in [2.05, 4.69) is 5.32 Å². The summed E-state index contributed by atoms with van der Waals surface area (Å²) < 4.78 is 10.3. The summed E-state index contributed by atoms with van der Waals surface area (Å²) in [6, 6.07) is 7.92. The van der Waals surface area contributed by atoms with Crippen molar-refractivity contribution >= 4 is 17.8 Å². The van der Waals surface area contributed by atoms with Crippen LogP contribution in [0.1, 0.15) is 38.3 Å². The van der Waals surface area contributed by atoms with Gasteiger partial charge in [-0.3, -0.25) is 4.79 Å². The van der Waals surface area contributed by atoms with Crippen molar-refractivity contribution in [1.29, 1.82) is 0 Å². The molecular weight excluding hydrogens is 322 g/mol. The summed E-state index contributed by atoms with van der Waals surface area (Å²) >= 11 is 0. The Morgan fingerprint density at radius 1 is 1.08 bits per heavy atom. The highest BCUT2D eigenvalue weighted by Gasteiger charge is 2.56. The molecule has 0 fully saturated rings. The summed E-state index contributed by atoms with van der Waals surface area (Å²) in [5.74, 6) is -2.41. The van der Waals surface area contributed by atoms with Gasteiger partial charge in [-0.2, -0.15) is 0 Å². The summed E-state index contributed by atoms with van der Waals surface area (Å²) in [6.45, 7) is 4.84. The van der Waals surface area contributed by atoms with Crippen LogP contribution >= 0.6 is 0 Å². The van der Waals surface area contributed by atoms with Gasteiger partial charge >= 0.3 is 11.9 Å². The number of amides is 1. The zero-order valence-electron chi connectivity index (χ0n) is 15.0. The van der Waals surface area contributed by atoms with Crippen molar-refractivity contribution in [3.05, 3.63) is 35.4 Å². The quantitative estimate of drug-likeness (QED) is 0.627. The van der Waals surface area contributed by atoms with Gasteiger partial charge in [-0.05, 0) is 44.2 Å². The first-order chi connectivity index (χ1) is 12.0. The van der Waals surface area contributed by atoms with Crippen molar-refractivity contribution in [3.8, 4) is 0 Å². The molecule has 1 atom stereocenters. The Bertz CT molecular complexity index is 637. The molecule has 0 bridgehead atoms. The average molecular weight is 347 g/mol. The fourth-order valence-corrected chi connectivity index (χ4v) is 3.46. The highest BCUT2D eigenvalue weighted by molar-refractivity contribution is 6.08. The van der Waals surface area contributed by atoms with Crippen LogP contribution in [0.15, 0.2) is 24.3 Å². The van der Waals surface area contributed by atoms with Crippen molar-refractivity contribution in [1.82, 2.24) is 5.32 Å². The van der Waals surface area contributed by atoms with Crippen LogP contribution in [0.5, 0.6) is 0 Å². The van der Waals surface area contributed by atoms with Crippen LogP contribution in [0.3, 0.4) is 0 Å². The largest absolute Gasteiger partial charge is 0.464 e. The maximum absolute atomic E-state index is 12.8. The van der Waals surface area contributed by atoms with Crippen LogP contribution in [0.2, 0.25) is 0 Å². The molecule has 1 amide bonds. The summed E-state index contributed by atoms with van der Waals surface area (Å²) in [4.78, 5) is 37.4. The Balaban J connectivity index is 2.47. The van der Waals surface area contributed by atoms with E-state index in [9.17, 15) is 14.4 Å². The minimum absolute atomic E-state index is 0.114. The number of carbonyl (C=O) groups excluding carboxylic acids is 3. The van der Waals surface area contributed by atoms with Gasteiger partial charge in [-0.25, -0.2) is 9.59 Å². The van der Waals surface area contributed by atoms with Gasteiger partial charge in [0.15, 0.2) is 0 Å². The lowest BCUT2D eigenvalue weighted by Crippen LogP contribution is -2.66. The second kappa shape index (κ2) is 8.14. The molecule has 0 saturated carbocycles. The van der Waals surface area contributed by atoms with Gasteiger partial charge < -0.3 is 14.8 Å². The van der Waals surface area contributed by atoms with Crippen LogP contribution in [-0.2, 0) is 36.7 Å². The Kier molecular flexibility index (Phi) is 6.17. The van der Waals surface area contributed by atoms with E-state index in [-0.39, 0.29) is 13.2 Å². The molecule has 6 nitrogen and oxygen atoms in total.